The smallest absolute Gasteiger partial charge is 0.273 e. The zero-order valence-electron chi connectivity index (χ0n) is 15.2. The number of anilines is 3. The highest BCUT2D eigenvalue weighted by Gasteiger charge is 2.19. The van der Waals surface area contributed by atoms with Crippen LogP contribution >= 0.6 is 0 Å². The molecule has 0 unspecified atom stereocenters. The van der Waals surface area contributed by atoms with Crippen molar-refractivity contribution in [3.8, 4) is 11.4 Å². The number of nitrogens with zero attached hydrogens (tertiary/aromatic N) is 6. The molecule has 0 spiro atoms. The van der Waals surface area contributed by atoms with Gasteiger partial charge in [0, 0.05) is 36.7 Å². The summed E-state index contributed by atoms with van der Waals surface area (Å²) in [5.74, 6) is 0.762. The van der Waals surface area contributed by atoms with Crippen molar-refractivity contribution in [1.82, 2.24) is 25.1 Å². The van der Waals surface area contributed by atoms with Crippen molar-refractivity contribution in [2.75, 3.05) is 23.3 Å². The zero-order chi connectivity index (χ0) is 19.3. The summed E-state index contributed by atoms with van der Waals surface area (Å²) in [5.41, 5.74) is 7.08. The summed E-state index contributed by atoms with van der Waals surface area (Å²) in [6, 6.07) is 9.27. The monoisotopic (exact) mass is 376 g/mol. The molecule has 142 valence electrons. The molecule has 0 saturated carbocycles. The van der Waals surface area contributed by atoms with Gasteiger partial charge in [-0.3, -0.25) is 4.79 Å². The normalized spacial score (nSPS) is 13.9. The van der Waals surface area contributed by atoms with Gasteiger partial charge in [0.2, 0.25) is 5.95 Å². The van der Waals surface area contributed by atoms with Crippen molar-refractivity contribution >= 4 is 23.4 Å². The molecular weight excluding hydrogens is 356 g/mol. The topological polar surface area (TPSA) is 123 Å². The summed E-state index contributed by atoms with van der Waals surface area (Å²) in [7, 11) is 0. The van der Waals surface area contributed by atoms with Crippen LogP contribution in [0.3, 0.4) is 0 Å². The standard InChI is InChI=1S/C19H20N8O/c20-16(28)15-18(24-19(26-25-15)27-11-2-1-3-12-27)23-14-7-5-13(6-8-14)17-21-9-4-10-22-17/h4-10H,1-3,11-12H2,(H2,20,28)(H,23,24,26). The minimum atomic E-state index is -0.679. The second kappa shape index (κ2) is 7.95. The lowest BCUT2D eigenvalue weighted by Crippen LogP contribution is -2.32. The van der Waals surface area contributed by atoms with E-state index in [1.165, 1.54) is 6.42 Å². The van der Waals surface area contributed by atoms with E-state index in [4.69, 9.17) is 5.73 Å². The van der Waals surface area contributed by atoms with Crippen molar-refractivity contribution in [1.29, 1.82) is 0 Å². The first-order chi connectivity index (χ1) is 13.7. The van der Waals surface area contributed by atoms with Crippen LogP contribution < -0.4 is 16.0 Å². The second-order valence-electron chi connectivity index (χ2n) is 6.50. The SMILES string of the molecule is NC(=O)c1nnc(N2CCCCC2)nc1Nc1ccc(-c2ncccn2)cc1. The van der Waals surface area contributed by atoms with Crippen molar-refractivity contribution in [2.45, 2.75) is 19.3 Å². The third-order valence-corrected chi connectivity index (χ3v) is 4.52. The van der Waals surface area contributed by atoms with Gasteiger partial charge in [-0.2, -0.15) is 4.98 Å². The highest BCUT2D eigenvalue weighted by atomic mass is 16.1. The van der Waals surface area contributed by atoms with Crippen LogP contribution in [0.15, 0.2) is 42.7 Å². The lowest BCUT2D eigenvalue weighted by Gasteiger charge is -2.26. The first-order valence-electron chi connectivity index (χ1n) is 9.14. The Labute approximate surface area is 162 Å². The van der Waals surface area contributed by atoms with Crippen LogP contribution in [-0.4, -0.2) is 44.1 Å². The van der Waals surface area contributed by atoms with Crippen LogP contribution in [0.2, 0.25) is 0 Å². The lowest BCUT2D eigenvalue weighted by molar-refractivity contribution is 0.0995. The third kappa shape index (κ3) is 3.88. The molecule has 9 heteroatoms. The van der Waals surface area contributed by atoms with E-state index in [9.17, 15) is 4.79 Å². The molecule has 1 fully saturated rings. The lowest BCUT2D eigenvalue weighted by atomic mass is 10.1. The molecule has 3 N–H and O–H groups in total. The van der Waals surface area contributed by atoms with Crippen LogP contribution in [0.4, 0.5) is 17.5 Å². The van der Waals surface area contributed by atoms with Gasteiger partial charge in [0.1, 0.15) is 0 Å². The fourth-order valence-corrected chi connectivity index (χ4v) is 3.09. The largest absolute Gasteiger partial charge is 0.364 e. The molecule has 3 heterocycles. The van der Waals surface area contributed by atoms with Gasteiger partial charge in [-0.1, -0.05) is 0 Å². The molecule has 0 aliphatic carbocycles. The van der Waals surface area contributed by atoms with E-state index >= 15 is 0 Å². The first kappa shape index (κ1) is 17.8. The molecule has 3 aromatic rings. The fraction of sp³-hybridized carbons (Fsp3) is 0.263. The number of rotatable bonds is 5. The van der Waals surface area contributed by atoms with Gasteiger partial charge in [0.05, 0.1) is 0 Å². The van der Waals surface area contributed by atoms with E-state index < -0.39 is 5.91 Å². The maximum Gasteiger partial charge on any atom is 0.273 e. The van der Waals surface area contributed by atoms with Crippen LogP contribution in [0.1, 0.15) is 29.8 Å². The molecule has 1 aliphatic rings. The number of nitrogens with one attached hydrogen (secondary N) is 1. The van der Waals surface area contributed by atoms with Crippen molar-refractivity contribution < 1.29 is 4.79 Å². The predicted octanol–water partition coefficient (Wildman–Crippen LogP) is 2.16. The van der Waals surface area contributed by atoms with E-state index in [1.54, 1.807) is 18.5 Å². The van der Waals surface area contributed by atoms with Gasteiger partial charge in [-0.25, -0.2) is 9.97 Å². The molecule has 1 saturated heterocycles. The Balaban J connectivity index is 1.59. The summed E-state index contributed by atoms with van der Waals surface area (Å²) >= 11 is 0. The van der Waals surface area contributed by atoms with E-state index in [0.717, 1.165) is 37.2 Å². The van der Waals surface area contributed by atoms with Gasteiger partial charge in [-0.15, -0.1) is 10.2 Å². The highest BCUT2D eigenvalue weighted by Crippen LogP contribution is 2.23. The van der Waals surface area contributed by atoms with E-state index in [0.29, 0.717) is 17.6 Å². The summed E-state index contributed by atoms with van der Waals surface area (Å²) in [6.07, 6.45) is 6.77. The predicted molar refractivity (Wildman–Crippen MR) is 105 cm³/mol. The zero-order valence-corrected chi connectivity index (χ0v) is 15.2. The number of primary amides is 1. The second-order valence-corrected chi connectivity index (χ2v) is 6.50. The van der Waals surface area contributed by atoms with Crippen molar-refractivity contribution in [3.63, 3.8) is 0 Å². The molecule has 28 heavy (non-hydrogen) atoms. The molecule has 1 aromatic carbocycles. The van der Waals surface area contributed by atoms with Crippen molar-refractivity contribution in [2.24, 2.45) is 5.73 Å². The Kier molecular flexibility index (Phi) is 5.05. The van der Waals surface area contributed by atoms with Gasteiger partial charge in [-0.05, 0) is 49.6 Å². The molecule has 1 amide bonds. The number of nitrogens with two attached hydrogens (primary N) is 1. The number of piperidine rings is 1. The molecule has 1 aliphatic heterocycles. The number of hydrogen-bond acceptors (Lipinski definition) is 8. The Morgan fingerprint density at radius 2 is 1.71 bits per heavy atom. The van der Waals surface area contributed by atoms with Gasteiger partial charge in [0.15, 0.2) is 17.3 Å². The van der Waals surface area contributed by atoms with E-state index in [2.05, 4.69) is 35.4 Å². The first-order valence-corrected chi connectivity index (χ1v) is 9.14. The van der Waals surface area contributed by atoms with Crippen LogP contribution in [0.25, 0.3) is 11.4 Å². The molecule has 0 radical (unpaired) electrons. The maximum atomic E-state index is 11.7. The Hall–Kier alpha value is -3.62. The molecule has 2 aromatic heterocycles. The quantitative estimate of drug-likeness (QED) is 0.694. The molecule has 0 bridgehead atoms. The molecule has 0 atom stereocenters. The number of hydrogen-bond donors (Lipinski definition) is 2. The third-order valence-electron chi connectivity index (χ3n) is 4.52. The van der Waals surface area contributed by atoms with Crippen LogP contribution in [0, 0.1) is 0 Å². The number of aromatic nitrogens is 5. The van der Waals surface area contributed by atoms with Gasteiger partial charge >= 0.3 is 0 Å². The van der Waals surface area contributed by atoms with Gasteiger partial charge < -0.3 is 16.0 Å². The van der Waals surface area contributed by atoms with Crippen molar-refractivity contribution in [3.05, 3.63) is 48.4 Å². The average molecular weight is 376 g/mol. The summed E-state index contributed by atoms with van der Waals surface area (Å²) in [4.78, 5) is 26.8. The fourth-order valence-electron chi connectivity index (χ4n) is 3.09. The summed E-state index contributed by atoms with van der Waals surface area (Å²) < 4.78 is 0. The highest BCUT2D eigenvalue weighted by molar-refractivity contribution is 5.96. The minimum absolute atomic E-state index is 0.0104. The summed E-state index contributed by atoms with van der Waals surface area (Å²) in [6.45, 7) is 1.76. The van der Waals surface area contributed by atoms with Gasteiger partial charge in [0.25, 0.3) is 5.91 Å². The Bertz CT molecular complexity index is 955. The number of carbonyl (C=O) groups is 1. The minimum Gasteiger partial charge on any atom is -0.364 e. The molecule has 9 nitrogen and oxygen atoms in total. The number of benzene rings is 1. The Morgan fingerprint density at radius 1 is 1.00 bits per heavy atom. The van der Waals surface area contributed by atoms with E-state index in [-0.39, 0.29) is 5.69 Å². The maximum absolute atomic E-state index is 11.7. The van der Waals surface area contributed by atoms with Crippen LogP contribution in [0.5, 0.6) is 0 Å². The summed E-state index contributed by atoms with van der Waals surface area (Å²) in [5, 5.41) is 11.2. The van der Waals surface area contributed by atoms with Crippen LogP contribution in [-0.2, 0) is 0 Å². The molecule has 4 rings (SSSR count). The number of amides is 1. The molecular formula is C19H20N8O. The number of carbonyl (C=O) groups excluding carboxylic acids is 1. The van der Waals surface area contributed by atoms with E-state index in [1.807, 2.05) is 24.3 Å². The Morgan fingerprint density at radius 3 is 2.39 bits per heavy atom. The average Bonchev–Trinajstić information content (AvgIpc) is 2.75.